The van der Waals surface area contributed by atoms with Crippen molar-refractivity contribution in [3.05, 3.63) is 47.5 Å². The van der Waals surface area contributed by atoms with Gasteiger partial charge in [-0.3, -0.25) is 0 Å². The summed E-state index contributed by atoms with van der Waals surface area (Å²) in [4.78, 5) is 11.7. The minimum atomic E-state index is -0.729. The van der Waals surface area contributed by atoms with Gasteiger partial charge in [0.15, 0.2) is 12.1 Å². The van der Waals surface area contributed by atoms with Crippen molar-refractivity contribution in [2.24, 2.45) is 0 Å². The van der Waals surface area contributed by atoms with E-state index in [1.165, 1.54) is 0 Å². The smallest absolute Gasteiger partial charge is 0.334 e. The Morgan fingerprint density at radius 3 is 2.56 bits per heavy atom. The summed E-state index contributed by atoms with van der Waals surface area (Å²) >= 11 is 0. The van der Waals surface area contributed by atoms with Crippen LogP contribution in [0.1, 0.15) is 26.3 Å². The van der Waals surface area contributed by atoms with Crippen LogP contribution in [0.3, 0.4) is 0 Å². The van der Waals surface area contributed by atoms with Gasteiger partial charge in [-0.1, -0.05) is 30.3 Å². The third kappa shape index (κ3) is 3.22. The lowest BCUT2D eigenvalue weighted by Gasteiger charge is -2.28. The number of ether oxygens (including phenoxy) is 5. The number of benzene rings is 1. The van der Waals surface area contributed by atoms with E-state index in [4.69, 9.17) is 23.7 Å². The Morgan fingerprint density at radius 2 is 1.88 bits per heavy atom. The second kappa shape index (κ2) is 6.21. The Labute approximate surface area is 146 Å². The van der Waals surface area contributed by atoms with Gasteiger partial charge >= 0.3 is 5.97 Å². The van der Waals surface area contributed by atoms with Gasteiger partial charge < -0.3 is 23.7 Å². The highest BCUT2D eigenvalue weighted by Crippen LogP contribution is 2.41. The molecule has 2 saturated heterocycles. The van der Waals surface area contributed by atoms with Crippen LogP contribution in [0.15, 0.2) is 42.0 Å². The first-order valence-electron chi connectivity index (χ1n) is 8.49. The first-order valence-corrected chi connectivity index (χ1v) is 8.49. The summed E-state index contributed by atoms with van der Waals surface area (Å²) in [6.45, 7) is 5.84. The lowest BCUT2D eigenvalue weighted by atomic mass is 10.0. The molecule has 4 rings (SSSR count). The molecule has 3 aliphatic rings. The Bertz CT molecular complexity index is 682. The van der Waals surface area contributed by atoms with E-state index in [9.17, 15) is 4.79 Å². The largest absolute Gasteiger partial charge is 0.452 e. The highest BCUT2D eigenvalue weighted by molar-refractivity contribution is 5.90. The molecule has 6 nitrogen and oxygen atoms in total. The zero-order valence-corrected chi connectivity index (χ0v) is 14.5. The van der Waals surface area contributed by atoms with Crippen LogP contribution in [0, 0.1) is 0 Å². The quantitative estimate of drug-likeness (QED) is 0.780. The number of carbonyl (C=O) groups is 1. The second-order valence-corrected chi connectivity index (χ2v) is 7.05. The molecular formula is C19H22O6. The summed E-state index contributed by atoms with van der Waals surface area (Å²) in [5.41, 5.74) is 1.63. The minimum Gasteiger partial charge on any atom is -0.452 e. The van der Waals surface area contributed by atoms with Crippen molar-refractivity contribution < 1.29 is 28.5 Å². The SMILES string of the molecule is CC1=CC([C@@H]2O[C@@H]3OC(C)(C)O[C@@H]3[C@H]2OCc2ccccc2)OC1=O. The van der Waals surface area contributed by atoms with Crippen molar-refractivity contribution in [1.82, 2.24) is 0 Å². The van der Waals surface area contributed by atoms with E-state index in [1.807, 2.05) is 44.2 Å². The lowest BCUT2D eigenvalue weighted by molar-refractivity contribution is -0.228. The third-order valence-corrected chi connectivity index (χ3v) is 4.62. The fourth-order valence-electron chi connectivity index (χ4n) is 3.45. The highest BCUT2D eigenvalue weighted by Gasteiger charge is 2.58. The van der Waals surface area contributed by atoms with E-state index in [0.717, 1.165) is 5.56 Å². The van der Waals surface area contributed by atoms with E-state index >= 15 is 0 Å². The summed E-state index contributed by atoms with van der Waals surface area (Å²) in [7, 11) is 0. The van der Waals surface area contributed by atoms with Gasteiger partial charge in [0.2, 0.25) is 0 Å². The Balaban J connectivity index is 1.53. The van der Waals surface area contributed by atoms with Gasteiger partial charge in [-0.05, 0) is 32.4 Å². The normalized spacial score (nSPS) is 36.2. The number of fused-ring (bicyclic) bond motifs is 1. The molecule has 0 amide bonds. The van der Waals surface area contributed by atoms with Crippen LogP contribution >= 0.6 is 0 Å². The van der Waals surface area contributed by atoms with Gasteiger partial charge in [-0.2, -0.15) is 0 Å². The molecular weight excluding hydrogens is 324 g/mol. The molecule has 1 aromatic rings. The lowest BCUT2D eigenvalue weighted by Crippen LogP contribution is -2.42. The van der Waals surface area contributed by atoms with E-state index < -0.39 is 30.4 Å². The number of carbonyl (C=O) groups excluding carboxylic acids is 1. The van der Waals surface area contributed by atoms with E-state index in [-0.39, 0.29) is 12.1 Å². The molecule has 1 unspecified atom stereocenters. The van der Waals surface area contributed by atoms with Crippen molar-refractivity contribution in [3.8, 4) is 0 Å². The summed E-state index contributed by atoms with van der Waals surface area (Å²) < 4.78 is 29.4. The molecule has 134 valence electrons. The van der Waals surface area contributed by atoms with Crippen molar-refractivity contribution in [2.75, 3.05) is 0 Å². The van der Waals surface area contributed by atoms with Crippen LogP contribution in [0.4, 0.5) is 0 Å². The molecule has 6 heteroatoms. The third-order valence-electron chi connectivity index (χ3n) is 4.62. The monoisotopic (exact) mass is 346 g/mol. The maximum absolute atomic E-state index is 11.7. The number of hydrogen-bond acceptors (Lipinski definition) is 6. The number of esters is 1. The van der Waals surface area contributed by atoms with Crippen molar-refractivity contribution >= 4 is 5.97 Å². The summed E-state index contributed by atoms with van der Waals surface area (Å²) in [6.07, 6.45) is -0.472. The molecule has 1 aromatic carbocycles. The molecule has 0 spiro atoms. The van der Waals surface area contributed by atoms with Crippen LogP contribution in [-0.2, 0) is 35.1 Å². The molecule has 25 heavy (non-hydrogen) atoms. The van der Waals surface area contributed by atoms with Crippen LogP contribution in [0.5, 0.6) is 0 Å². The molecule has 0 bridgehead atoms. The molecule has 0 aromatic heterocycles. The predicted octanol–water partition coefficient (Wildman–Crippen LogP) is 2.32. The van der Waals surface area contributed by atoms with Crippen molar-refractivity contribution in [3.63, 3.8) is 0 Å². The van der Waals surface area contributed by atoms with Crippen molar-refractivity contribution in [1.29, 1.82) is 0 Å². The zero-order chi connectivity index (χ0) is 17.6. The van der Waals surface area contributed by atoms with Gasteiger partial charge in [0, 0.05) is 5.57 Å². The first kappa shape index (κ1) is 16.7. The molecule has 0 saturated carbocycles. The van der Waals surface area contributed by atoms with E-state index in [1.54, 1.807) is 13.0 Å². The standard InChI is InChI=1S/C19H22O6/c1-11-9-13(22-17(11)20)14-15(21-10-12-7-5-4-6-8-12)16-18(23-14)25-19(2,3)24-16/h4-9,13-16,18H,10H2,1-3H3/t13?,14-,15-,16+,18+/m0/s1. The van der Waals surface area contributed by atoms with Gasteiger partial charge in [0.05, 0.1) is 6.61 Å². The second-order valence-electron chi connectivity index (χ2n) is 7.05. The first-order chi connectivity index (χ1) is 11.9. The summed E-state index contributed by atoms with van der Waals surface area (Å²) in [6, 6.07) is 9.89. The van der Waals surface area contributed by atoms with E-state index in [2.05, 4.69) is 0 Å². The Morgan fingerprint density at radius 1 is 1.12 bits per heavy atom. The van der Waals surface area contributed by atoms with Gasteiger partial charge in [-0.25, -0.2) is 4.79 Å². The molecule has 0 radical (unpaired) electrons. The molecule has 3 heterocycles. The minimum absolute atomic E-state index is 0.324. The maximum Gasteiger partial charge on any atom is 0.334 e. The zero-order valence-electron chi connectivity index (χ0n) is 14.5. The Kier molecular flexibility index (Phi) is 4.16. The number of rotatable bonds is 4. The number of hydrogen-bond donors (Lipinski definition) is 0. The van der Waals surface area contributed by atoms with Crippen LogP contribution in [-0.4, -0.2) is 42.5 Å². The van der Waals surface area contributed by atoms with Crippen LogP contribution < -0.4 is 0 Å². The average Bonchev–Trinajstić information content (AvgIpc) is 3.16. The van der Waals surface area contributed by atoms with Crippen molar-refractivity contribution in [2.45, 2.75) is 63.9 Å². The Hall–Kier alpha value is -1.73. The number of cyclic esters (lactones) is 1. The van der Waals surface area contributed by atoms with E-state index in [0.29, 0.717) is 12.2 Å². The fraction of sp³-hybridized carbons (Fsp3) is 0.526. The highest BCUT2D eigenvalue weighted by atomic mass is 16.8. The van der Waals surface area contributed by atoms with Crippen LogP contribution in [0.2, 0.25) is 0 Å². The molecule has 5 atom stereocenters. The average molecular weight is 346 g/mol. The predicted molar refractivity (Wildman–Crippen MR) is 87.4 cm³/mol. The maximum atomic E-state index is 11.7. The summed E-state index contributed by atoms with van der Waals surface area (Å²) in [5.74, 6) is -1.05. The van der Waals surface area contributed by atoms with Gasteiger partial charge in [-0.15, -0.1) is 0 Å². The molecule has 0 aliphatic carbocycles. The van der Waals surface area contributed by atoms with Gasteiger partial charge in [0.25, 0.3) is 0 Å². The summed E-state index contributed by atoms with van der Waals surface area (Å²) in [5, 5.41) is 0. The fourth-order valence-corrected chi connectivity index (χ4v) is 3.45. The van der Waals surface area contributed by atoms with Crippen LogP contribution in [0.25, 0.3) is 0 Å². The topological polar surface area (TPSA) is 63.2 Å². The molecule has 0 N–H and O–H groups in total. The molecule has 2 fully saturated rings. The molecule has 3 aliphatic heterocycles. The van der Waals surface area contributed by atoms with Gasteiger partial charge in [0.1, 0.15) is 24.4 Å².